The number of fused-ring (bicyclic) bond motifs is 1. The molecule has 0 saturated heterocycles. The van der Waals surface area contributed by atoms with Crippen molar-refractivity contribution in [3.63, 3.8) is 0 Å². The van der Waals surface area contributed by atoms with Crippen molar-refractivity contribution in [2.24, 2.45) is 5.41 Å². The Balaban J connectivity index is 2.05. The Morgan fingerprint density at radius 1 is 1.48 bits per heavy atom. The molecule has 0 aromatic carbocycles. The molecule has 2 N–H and O–H groups in total. The maximum absolute atomic E-state index is 10.2. The summed E-state index contributed by atoms with van der Waals surface area (Å²) in [5.74, 6) is 2.54. The monoisotopic (exact) mass is 325 g/mol. The fraction of sp³-hybridized carbons (Fsp3) is 0.429. The van der Waals surface area contributed by atoms with Gasteiger partial charge in [-0.2, -0.15) is 4.98 Å². The van der Waals surface area contributed by atoms with Crippen LogP contribution in [0.5, 0.6) is 0 Å². The van der Waals surface area contributed by atoms with E-state index in [0.717, 1.165) is 0 Å². The molecule has 2 heterocycles. The quantitative estimate of drug-likeness (QED) is 0.503. The van der Waals surface area contributed by atoms with Crippen molar-refractivity contribution in [2.45, 2.75) is 25.0 Å². The van der Waals surface area contributed by atoms with E-state index in [0.29, 0.717) is 23.9 Å². The number of aliphatic hydroxyl groups excluding tert-OH is 2. The summed E-state index contributed by atoms with van der Waals surface area (Å²) >= 11 is 11.9. The largest absolute Gasteiger partial charge is 0.395 e. The molecule has 1 fully saturated rings. The highest BCUT2D eigenvalue weighted by atomic mass is 35.5. The van der Waals surface area contributed by atoms with Crippen LogP contribution in [0.2, 0.25) is 10.4 Å². The molecule has 7 heteroatoms. The van der Waals surface area contributed by atoms with Gasteiger partial charge in [-0.25, -0.2) is 4.98 Å². The average Bonchev–Trinajstić information content (AvgIpc) is 3.00. The summed E-state index contributed by atoms with van der Waals surface area (Å²) in [6.07, 6.45) is 7.46. The zero-order chi connectivity index (χ0) is 15.2. The minimum atomic E-state index is -0.915. The SMILES string of the molecule is C#C[C@@]1(CO)C[C@H](n2ccc3c(Cl)nc(Cl)nc32)C[C@H]1O. The molecule has 0 amide bonds. The molecule has 0 spiro atoms. The molecular weight excluding hydrogens is 313 g/mol. The van der Waals surface area contributed by atoms with Gasteiger partial charge in [-0.15, -0.1) is 6.42 Å². The molecule has 1 aliphatic carbocycles. The summed E-state index contributed by atoms with van der Waals surface area (Å²) in [5.41, 5.74) is -0.315. The fourth-order valence-corrected chi connectivity index (χ4v) is 3.41. The predicted molar refractivity (Wildman–Crippen MR) is 80.2 cm³/mol. The molecule has 21 heavy (non-hydrogen) atoms. The molecule has 110 valence electrons. The fourth-order valence-electron chi connectivity index (χ4n) is 2.97. The van der Waals surface area contributed by atoms with Gasteiger partial charge in [-0.05, 0) is 30.5 Å². The number of aliphatic hydroxyl groups is 2. The van der Waals surface area contributed by atoms with Crippen molar-refractivity contribution < 1.29 is 10.2 Å². The van der Waals surface area contributed by atoms with E-state index in [1.807, 2.05) is 10.8 Å². The zero-order valence-corrected chi connectivity index (χ0v) is 12.5. The highest BCUT2D eigenvalue weighted by Crippen LogP contribution is 2.45. The van der Waals surface area contributed by atoms with Crippen LogP contribution < -0.4 is 0 Å². The molecule has 0 radical (unpaired) electrons. The number of hydrogen-bond acceptors (Lipinski definition) is 4. The number of terminal acetylenes is 1. The normalized spacial score (nSPS) is 28.9. The number of hydrogen-bond donors (Lipinski definition) is 2. The minimum Gasteiger partial charge on any atom is -0.395 e. The Hall–Kier alpha value is -1.32. The molecule has 0 unspecified atom stereocenters. The van der Waals surface area contributed by atoms with Gasteiger partial charge in [0.25, 0.3) is 0 Å². The van der Waals surface area contributed by atoms with Gasteiger partial charge in [0, 0.05) is 12.2 Å². The van der Waals surface area contributed by atoms with Gasteiger partial charge >= 0.3 is 0 Å². The maximum atomic E-state index is 10.2. The molecule has 3 atom stereocenters. The molecule has 2 aromatic heterocycles. The average molecular weight is 326 g/mol. The summed E-state index contributed by atoms with van der Waals surface area (Å²) in [4.78, 5) is 8.10. The van der Waals surface area contributed by atoms with E-state index >= 15 is 0 Å². The third kappa shape index (κ3) is 2.19. The van der Waals surface area contributed by atoms with Crippen molar-refractivity contribution in [3.05, 3.63) is 22.7 Å². The second-order valence-electron chi connectivity index (χ2n) is 5.31. The third-order valence-electron chi connectivity index (χ3n) is 4.19. The van der Waals surface area contributed by atoms with Crippen molar-refractivity contribution in [3.8, 4) is 12.3 Å². The highest BCUT2D eigenvalue weighted by molar-refractivity contribution is 6.35. The van der Waals surface area contributed by atoms with E-state index in [-0.39, 0.29) is 23.1 Å². The Labute approximate surface area is 131 Å². The van der Waals surface area contributed by atoms with Crippen LogP contribution in [0.1, 0.15) is 18.9 Å². The minimum absolute atomic E-state index is 0.0661. The van der Waals surface area contributed by atoms with Crippen molar-refractivity contribution in [2.75, 3.05) is 6.61 Å². The summed E-state index contributed by atoms with van der Waals surface area (Å²) in [7, 11) is 0. The van der Waals surface area contributed by atoms with Gasteiger partial charge in [0.05, 0.1) is 23.5 Å². The van der Waals surface area contributed by atoms with E-state index in [1.165, 1.54) is 0 Å². The van der Waals surface area contributed by atoms with Crippen LogP contribution in [0.4, 0.5) is 0 Å². The van der Waals surface area contributed by atoms with Crippen LogP contribution in [0, 0.1) is 17.8 Å². The Kier molecular flexibility index (Phi) is 3.58. The van der Waals surface area contributed by atoms with E-state index in [2.05, 4.69) is 15.9 Å². The van der Waals surface area contributed by atoms with Gasteiger partial charge < -0.3 is 14.8 Å². The van der Waals surface area contributed by atoms with Gasteiger partial charge in [-0.1, -0.05) is 17.5 Å². The van der Waals surface area contributed by atoms with E-state index in [1.54, 1.807) is 6.07 Å². The van der Waals surface area contributed by atoms with Crippen LogP contribution in [0.15, 0.2) is 12.3 Å². The highest BCUT2D eigenvalue weighted by Gasteiger charge is 2.46. The first-order valence-electron chi connectivity index (χ1n) is 6.47. The maximum Gasteiger partial charge on any atom is 0.225 e. The van der Waals surface area contributed by atoms with E-state index < -0.39 is 11.5 Å². The number of aromatic nitrogens is 3. The lowest BCUT2D eigenvalue weighted by molar-refractivity contribution is 0.0475. The molecule has 2 aromatic rings. The van der Waals surface area contributed by atoms with Gasteiger partial charge in [0.15, 0.2) is 0 Å². The molecule has 0 bridgehead atoms. The lowest BCUT2D eigenvalue weighted by Gasteiger charge is -2.23. The molecule has 3 rings (SSSR count). The summed E-state index contributed by atoms with van der Waals surface area (Å²) < 4.78 is 1.88. The first-order chi connectivity index (χ1) is 10.0. The topological polar surface area (TPSA) is 71.2 Å². The molecule has 1 saturated carbocycles. The first-order valence-corrected chi connectivity index (χ1v) is 7.22. The number of halogens is 2. The van der Waals surface area contributed by atoms with Crippen LogP contribution in [-0.4, -0.2) is 37.5 Å². The number of nitrogens with zero attached hydrogens (tertiary/aromatic N) is 3. The van der Waals surface area contributed by atoms with E-state index in [9.17, 15) is 10.2 Å². The lowest BCUT2D eigenvalue weighted by atomic mass is 9.86. The summed E-state index contributed by atoms with van der Waals surface area (Å²) in [6, 6.07) is 1.72. The van der Waals surface area contributed by atoms with Gasteiger partial charge in [0.1, 0.15) is 10.8 Å². The van der Waals surface area contributed by atoms with Gasteiger partial charge in [-0.3, -0.25) is 0 Å². The molecule has 0 aliphatic heterocycles. The molecule has 1 aliphatic rings. The standard InChI is InChI=1S/C14H13Cl2N3O2/c1-2-14(7-20)6-8(5-10(14)21)19-4-3-9-11(15)17-13(16)18-12(9)19/h1,3-4,8,10,20-21H,5-7H2/t8-,10-,14+/m1/s1. The van der Waals surface area contributed by atoms with Gasteiger partial charge in [0.2, 0.25) is 5.28 Å². The summed E-state index contributed by atoms with van der Waals surface area (Å²) in [6.45, 7) is -0.253. The van der Waals surface area contributed by atoms with Crippen LogP contribution >= 0.6 is 23.2 Å². The smallest absolute Gasteiger partial charge is 0.225 e. The van der Waals surface area contributed by atoms with Crippen LogP contribution in [0.25, 0.3) is 11.0 Å². The molecular formula is C14H13Cl2N3O2. The van der Waals surface area contributed by atoms with E-state index in [4.69, 9.17) is 29.6 Å². The second-order valence-corrected chi connectivity index (χ2v) is 6.01. The Morgan fingerprint density at radius 2 is 2.24 bits per heavy atom. The van der Waals surface area contributed by atoms with Crippen molar-refractivity contribution >= 4 is 34.2 Å². The predicted octanol–water partition coefficient (Wildman–Crippen LogP) is 2.05. The van der Waals surface area contributed by atoms with Crippen LogP contribution in [-0.2, 0) is 0 Å². The Morgan fingerprint density at radius 3 is 2.86 bits per heavy atom. The first kappa shape index (κ1) is 14.6. The Bertz CT molecular complexity index is 740. The molecule has 5 nitrogen and oxygen atoms in total. The zero-order valence-electron chi connectivity index (χ0n) is 11.0. The van der Waals surface area contributed by atoms with Crippen LogP contribution in [0.3, 0.4) is 0 Å². The number of rotatable bonds is 2. The van der Waals surface area contributed by atoms with Crippen molar-refractivity contribution in [1.29, 1.82) is 0 Å². The van der Waals surface area contributed by atoms with Crippen molar-refractivity contribution in [1.82, 2.24) is 14.5 Å². The third-order valence-corrected chi connectivity index (χ3v) is 4.65. The second kappa shape index (κ2) is 5.15. The summed E-state index contributed by atoms with van der Waals surface area (Å²) in [5, 5.41) is 20.8. The lowest BCUT2D eigenvalue weighted by Crippen LogP contribution is -2.31.